The van der Waals surface area contributed by atoms with Crippen LogP contribution in [-0.2, 0) is 0 Å². The van der Waals surface area contributed by atoms with Gasteiger partial charge in [0.05, 0.1) is 0 Å². The molecular formula is C24H32Se. The molecule has 2 rings (SSSR count). The monoisotopic (exact) mass is 400 g/mol. The molecule has 134 valence electrons. The summed E-state index contributed by atoms with van der Waals surface area (Å²) >= 11 is 0.486. The van der Waals surface area contributed by atoms with Gasteiger partial charge in [-0.3, -0.25) is 0 Å². The van der Waals surface area contributed by atoms with E-state index in [1.54, 1.807) is 15.6 Å². The van der Waals surface area contributed by atoms with Crippen LogP contribution in [0, 0.1) is 0 Å². The van der Waals surface area contributed by atoms with Crippen LogP contribution in [0.25, 0.3) is 6.08 Å². The first kappa shape index (κ1) is 20.0. The molecule has 0 N–H and O–H groups in total. The molecule has 2 aromatic rings. The fourth-order valence-electron chi connectivity index (χ4n) is 2.94. The summed E-state index contributed by atoms with van der Waals surface area (Å²) in [5, 5.41) is 1.16. The molecule has 2 aromatic carbocycles. The van der Waals surface area contributed by atoms with E-state index in [2.05, 4.69) is 96.2 Å². The Morgan fingerprint density at radius 3 is 1.84 bits per heavy atom. The summed E-state index contributed by atoms with van der Waals surface area (Å²) in [7, 11) is 0. The molecular weight excluding hydrogens is 367 g/mol. The average molecular weight is 399 g/mol. The van der Waals surface area contributed by atoms with Crippen molar-refractivity contribution in [1.29, 1.82) is 0 Å². The topological polar surface area (TPSA) is 0 Å². The van der Waals surface area contributed by atoms with E-state index >= 15 is 0 Å². The zero-order valence-corrected chi connectivity index (χ0v) is 18.3. The number of rotatable bonds is 7. The van der Waals surface area contributed by atoms with E-state index in [1.807, 2.05) is 0 Å². The zero-order chi connectivity index (χ0) is 18.4. The summed E-state index contributed by atoms with van der Waals surface area (Å²) in [6, 6.07) is 15.5. The Kier molecular flexibility index (Phi) is 7.54. The first-order valence-corrected chi connectivity index (χ1v) is 11.5. The van der Waals surface area contributed by atoms with Gasteiger partial charge in [0.2, 0.25) is 0 Å². The van der Waals surface area contributed by atoms with Crippen LogP contribution in [0.1, 0.15) is 81.5 Å². The third-order valence-corrected chi connectivity index (χ3v) is 6.86. The third-order valence-electron chi connectivity index (χ3n) is 4.51. The van der Waals surface area contributed by atoms with Crippen LogP contribution in [0.2, 0.25) is 5.32 Å². The van der Waals surface area contributed by atoms with Gasteiger partial charge in [0.25, 0.3) is 0 Å². The predicted octanol–water partition coefficient (Wildman–Crippen LogP) is 6.52. The molecule has 0 aliphatic heterocycles. The summed E-state index contributed by atoms with van der Waals surface area (Å²) in [5.74, 6) is 1.77. The molecule has 1 heteroatoms. The van der Waals surface area contributed by atoms with E-state index in [9.17, 15) is 0 Å². The molecule has 0 unspecified atom stereocenters. The SMILES string of the molecule is CC(C)c1cc(C(C)C)c([Se]C/C=C/c2ccccc2)c(C(C)C)c1. The Morgan fingerprint density at radius 2 is 1.36 bits per heavy atom. The van der Waals surface area contributed by atoms with Crippen LogP contribution in [0.15, 0.2) is 48.5 Å². The van der Waals surface area contributed by atoms with Crippen molar-refractivity contribution in [1.82, 2.24) is 0 Å². The van der Waals surface area contributed by atoms with Gasteiger partial charge < -0.3 is 0 Å². The molecule has 0 bridgehead atoms. The Bertz CT molecular complexity index is 664. The molecule has 0 spiro atoms. The van der Waals surface area contributed by atoms with E-state index in [1.165, 1.54) is 11.1 Å². The molecule has 0 nitrogen and oxygen atoms in total. The van der Waals surface area contributed by atoms with E-state index in [0.717, 1.165) is 5.32 Å². The fourth-order valence-corrected chi connectivity index (χ4v) is 5.63. The van der Waals surface area contributed by atoms with Crippen molar-refractivity contribution < 1.29 is 0 Å². The van der Waals surface area contributed by atoms with Crippen molar-refractivity contribution in [2.75, 3.05) is 0 Å². The second kappa shape index (κ2) is 9.41. The maximum absolute atomic E-state index is 2.47. The molecule has 0 atom stereocenters. The summed E-state index contributed by atoms with van der Waals surface area (Å²) in [6.07, 6.45) is 4.61. The number of hydrogen-bond acceptors (Lipinski definition) is 0. The van der Waals surface area contributed by atoms with Crippen molar-refractivity contribution in [3.63, 3.8) is 0 Å². The third kappa shape index (κ3) is 5.59. The van der Waals surface area contributed by atoms with Gasteiger partial charge in [-0.15, -0.1) is 0 Å². The van der Waals surface area contributed by atoms with Gasteiger partial charge in [0.15, 0.2) is 0 Å². The number of benzene rings is 2. The van der Waals surface area contributed by atoms with Crippen LogP contribution < -0.4 is 4.46 Å². The second-order valence-corrected chi connectivity index (χ2v) is 9.78. The Labute approximate surface area is 160 Å². The van der Waals surface area contributed by atoms with E-state index < -0.39 is 0 Å². The van der Waals surface area contributed by atoms with E-state index in [0.29, 0.717) is 32.7 Å². The molecule has 0 saturated heterocycles. The summed E-state index contributed by atoms with van der Waals surface area (Å²) in [5.41, 5.74) is 5.93. The van der Waals surface area contributed by atoms with Crippen LogP contribution >= 0.6 is 0 Å². The average Bonchev–Trinajstić information content (AvgIpc) is 2.58. The van der Waals surface area contributed by atoms with Crippen LogP contribution in [0.5, 0.6) is 0 Å². The maximum atomic E-state index is 2.47. The van der Waals surface area contributed by atoms with Crippen LogP contribution in [0.4, 0.5) is 0 Å². The van der Waals surface area contributed by atoms with E-state index in [-0.39, 0.29) is 0 Å². The van der Waals surface area contributed by atoms with Gasteiger partial charge in [-0.2, -0.15) is 0 Å². The van der Waals surface area contributed by atoms with Gasteiger partial charge in [0, 0.05) is 0 Å². The predicted molar refractivity (Wildman–Crippen MR) is 114 cm³/mol. The van der Waals surface area contributed by atoms with Gasteiger partial charge >= 0.3 is 161 Å². The molecule has 0 amide bonds. The van der Waals surface area contributed by atoms with Crippen molar-refractivity contribution in [3.8, 4) is 0 Å². The van der Waals surface area contributed by atoms with Crippen molar-refractivity contribution in [2.24, 2.45) is 0 Å². The van der Waals surface area contributed by atoms with Crippen LogP contribution in [-0.4, -0.2) is 15.0 Å². The first-order chi connectivity index (χ1) is 11.9. The Morgan fingerprint density at radius 1 is 0.800 bits per heavy atom. The molecule has 25 heavy (non-hydrogen) atoms. The van der Waals surface area contributed by atoms with Crippen molar-refractivity contribution in [2.45, 2.75) is 64.6 Å². The van der Waals surface area contributed by atoms with Crippen LogP contribution in [0.3, 0.4) is 0 Å². The summed E-state index contributed by atoms with van der Waals surface area (Å²) in [4.78, 5) is 0. The summed E-state index contributed by atoms with van der Waals surface area (Å²) in [6.45, 7) is 14.0. The standard InChI is InChI=1S/C24H32Se/c1-17(2)21-15-22(18(3)4)24(23(16-21)19(5)6)25-14-10-13-20-11-8-7-9-12-20/h7-13,15-19H,14H2,1-6H3/b13-10+. The number of allylic oxidation sites excluding steroid dienone is 1. The number of hydrogen-bond donors (Lipinski definition) is 0. The van der Waals surface area contributed by atoms with Gasteiger partial charge in [-0.05, 0) is 0 Å². The van der Waals surface area contributed by atoms with Gasteiger partial charge in [-0.1, -0.05) is 0 Å². The summed E-state index contributed by atoms with van der Waals surface area (Å²) < 4.78 is 1.64. The molecule has 0 aliphatic rings. The molecule has 0 aromatic heterocycles. The zero-order valence-electron chi connectivity index (χ0n) is 16.5. The Hall–Kier alpha value is -1.30. The minimum absolute atomic E-state index is 0.486. The molecule has 0 heterocycles. The normalized spacial score (nSPS) is 12.0. The second-order valence-electron chi connectivity index (χ2n) is 7.62. The van der Waals surface area contributed by atoms with E-state index in [4.69, 9.17) is 0 Å². The van der Waals surface area contributed by atoms with Gasteiger partial charge in [-0.25, -0.2) is 0 Å². The Balaban J connectivity index is 2.27. The van der Waals surface area contributed by atoms with Crippen molar-refractivity contribution >= 4 is 25.5 Å². The quantitative estimate of drug-likeness (QED) is 0.465. The first-order valence-electron chi connectivity index (χ1n) is 9.42. The molecule has 0 saturated carbocycles. The fraction of sp³-hybridized carbons (Fsp3) is 0.417. The van der Waals surface area contributed by atoms with Crippen molar-refractivity contribution in [3.05, 3.63) is 70.8 Å². The molecule has 0 fully saturated rings. The molecule has 0 aliphatic carbocycles. The minimum atomic E-state index is 0.486. The van der Waals surface area contributed by atoms with Gasteiger partial charge in [0.1, 0.15) is 0 Å². The molecule has 0 radical (unpaired) electrons.